The number of hydrogen-bond acceptors (Lipinski definition) is 6. The molecular weight excluding hydrogens is 320 g/mol. The molecule has 0 aliphatic heterocycles. The molecule has 0 aromatic carbocycles. The Morgan fingerprint density at radius 1 is 1.35 bits per heavy atom. The van der Waals surface area contributed by atoms with Gasteiger partial charge in [0.05, 0.1) is 12.0 Å². The SMILES string of the molecule is Cc1csc(NC(=O)Cn2c(=O)c3c(ncn3C)n(C)c2=O)n1. The van der Waals surface area contributed by atoms with E-state index in [1.54, 1.807) is 12.4 Å². The van der Waals surface area contributed by atoms with E-state index < -0.39 is 17.2 Å². The van der Waals surface area contributed by atoms with E-state index in [2.05, 4.69) is 15.3 Å². The number of amides is 1. The number of thiazole rings is 1. The first-order valence-electron chi connectivity index (χ1n) is 6.71. The number of rotatable bonds is 3. The largest absolute Gasteiger partial charge is 0.332 e. The number of aromatic nitrogens is 5. The van der Waals surface area contributed by atoms with E-state index in [4.69, 9.17) is 0 Å². The molecule has 0 aliphatic carbocycles. The molecule has 120 valence electrons. The molecule has 3 rings (SSSR count). The van der Waals surface area contributed by atoms with Crippen molar-refractivity contribution in [2.75, 3.05) is 5.32 Å². The van der Waals surface area contributed by atoms with E-state index in [1.807, 2.05) is 6.92 Å². The highest BCUT2D eigenvalue weighted by Crippen LogP contribution is 2.14. The van der Waals surface area contributed by atoms with Crippen LogP contribution in [0.4, 0.5) is 5.13 Å². The van der Waals surface area contributed by atoms with Gasteiger partial charge in [0.2, 0.25) is 5.91 Å². The van der Waals surface area contributed by atoms with Gasteiger partial charge in [-0.05, 0) is 6.92 Å². The monoisotopic (exact) mass is 334 g/mol. The molecular formula is C13H14N6O3S. The Hall–Kier alpha value is -2.75. The maximum Gasteiger partial charge on any atom is 0.332 e. The van der Waals surface area contributed by atoms with Crippen molar-refractivity contribution in [3.05, 3.63) is 38.2 Å². The minimum absolute atomic E-state index is 0.269. The lowest BCUT2D eigenvalue weighted by molar-refractivity contribution is -0.116. The van der Waals surface area contributed by atoms with Gasteiger partial charge in [0, 0.05) is 19.5 Å². The third kappa shape index (κ3) is 2.57. The normalized spacial score (nSPS) is 11.1. The van der Waals surface area contributed by atoms with Gasteiger partial charge in [-0.25, -0.2) is 19.3 Å². The summed E-state index contributed by atoms with van der Waals surface area (Å²) in [6.07, 6.45) is 1.45. The molecule has 0 fully saturated rings. The van der Waals surface area contributed by atoms with Crippen LogP contribution in [0, 0.1) is 6.92 Å². The number of nitrogens with zero attached hydrogens (tertiary/aromatic N) is 5. The van der Waals surface area contributed by atoms with Gasteiger partial charge in [-0.1, -0.05) is 0 Å². The fourth-order valence-electron chi connectivity index (χ4n) is 2.25. The van der Waals surface area contributed by atoms with Crippen molar-refractivity contribution in [2.45, 2.75) is 13.5 Å². The quantitative estimate of drug-likeness (QED) is 0.716. The van der Waals surface area contributed by atoms with Gasteiger partial charge in [-0.3, -0.25) is 14.2 Å². The topological polar surface area (TPSA) is 104 Å². The van der Waals surface area contributed by atoms with Gasteiger partial charge in [0.1, 0.15) is 6.54 Å². The predicted octanol–water partition coefficient (Wildman–Crippen LogP) is -0.163. The second kappa shape index (κ2) is 5.47. The molecule has 3 aromatic rings. The first-order valence-corrected chi connectivity index (χ1v) is 7.59. The molecule has 0 aliphatic rings. The van der Waals surface area contributed by atoms with Crippen LogP contribution in [0.5, 0.6) is 0 Å². The summed E-state index contributed by atoms with van der Waals surface area (Å²) in [6.45, 7) is 1.42. The molecule has 0 spiro atoms. The fraction of sp³-hybridized carbons (Fsp3) is 0.308. The first-order chi connectivity index (χ1) is 10.9. The Morgan fingerprint density at radius 3 is 2.74 bits per heavy atom. The highest BCUT2D eigenvalue weighted by molar-refractivity contribution is 7.13. The van der Waals surface area contributed by atoms with Crippen molar-refractivity contribution in [2.24, 2.45) is 14.1 Å². The summed E-state index contributed by atoms with van der Waals surface area (Å²) in [6, 6.07) is 0. The van der Waals surface area contributed by atoms with E-state index in [9.17, 15) is 14.4 Å². The maximum absolute atomic E-state index is 12.5. The van der Waals surface area contributed by atoms with Crippen LogP contribution < -0.4 is 16.6 Å². The zero-order valence-corrected chi connectivity index (χ0v) is 13.5. The lowest BCUT2D eigenvalue weighted by Crippen LogP contribution is -2.42. The second-order valence-electron chi connectivity index (χ2n) is 5.10. The minimum Gasteiger partial charge on any atom is -0.328 e. The fourth-order valence-corrected chi connectivity index (χ4v) is 2.95. The van der Waals surface area contributed by atoms with E-state index in [0.29, 0.717) is 5.13 Å². The smallest absolute Gasteiger partial charge is 0.328 e. The van der Waals surface area contributed by atoms with E-state index >= 15 is 0 Å². The van der Waals surface area contributed by atoms with Crippen molar-refractivity contribution < 1.29 is 4.79 Å². The molecule has 1 N–H and O–H groups in total. The molecule has 3 aromatic heterocycles. The third-order valence-electron chi connectivity index (χ3n) is 3.37. The molecule has 0 saturated carbocycles. The van der Waals surface area contributed by atoms with Gasteiger partial charge in [-0.15, -0.1) is 11.3 Å². The molecule has 10 heteroatoms. The highest BCUT2D eigenvalue weighted by Gasteiger charge is 2.17. The van der Waals surface area contributed by atoms with E-state index in [0.717, 1.165) is 10.3 Å². The molecule has 0 radical (unpaired) electrons. The number of hydrogen-bond donors (Lipinski definition) is 1. The molecule has 0 bridgehead atoms. The molecule has 0 unspecified atom stereocenters. The van der Waals surface area contributed by atoms with Gasteiger partial charge in [-0.2, -0.15) is 0 Å². The van der Waals surface area contributed by atoms with Crippen LogP contribution >= 0.6 is 11.3 Å². The Bertz CT molecular complexity index is 1020. The summed E-state index contributed by atoms with van der Waals surface area (Å²) >= 11 is 1.28. The Balaban J connectivity index is 2.00. The molecule has 0 atom stereocenters. The van der Waals surface area contributed by atoms with Gasteiger partial charge >= 0.3 is 5.69 Å². The standard InChI is InChI=1S/C13H14N6O3S/c1-7-5-23-12(15-7)16-8(20)4-19-11(21)9-10(14-6-17(9)2)18(3)13(19)22/h5-6H,4H2,1-3H3,(H,15,16,20). The lowest BCUT2D eigenvalue weighted by Gasteiger charge is -2.08. The molecule has 3 heterocycles. The summed E-state index contributed by atoms with van der Waals surface area (Å²) in [5.41, 5.74) is 0.203. The van der Waals surface area contributed by atoms with Crippen molar-refractivity contribution in [1.82, 2.24) is 23.7 Å². The van der Waals surface area contributed by atoms with Crippen LogP contribution in [0.1, 0.15) is 5.69 Å². The molecule has 0 saturated heterocycles. The summed E-state index contributed by atoms with van der Waals surface area (Å²) in [7, 11) is 3.17. The van der Waals surface area contributed by atoms with Crippen molar-refractivity contribution >= 4 is 33.5 Å². The van der Waals surface area contributed by atoms with E-state index in [-0.39, 0.29) is 17.7 Å². The minimum atomic E-state index is -0.591. The zero-order valence-electron chi connectivity index (χ0n) is 12.7. The average molecular weight is 334 g/mol. The Labute approximate surface area is 133 Å². The number of aryl methyl sites for hydroxylation is 3. The average Bonchev–Trinajstić information content (AvgIpc) is 3.07. The summed E-state index contributed by atoms with van der Waals surface area (Å²) in [5, 5.41) is 4.80. The number of fused-ring (bicyclic) bond motifs is 1. The molecule has 9 nitrogen and oxygen atoms in total. The van der Waals surface area contributed by atoms with Crippen LogP contribution in [0.3, 0.4) is 0 Å². The number of imidazole rings is 1. The van der Waals surface area contributed by atoms with E-state index in [1.165, 1.54) is 33.8 Å². The van der Waals surface area contributed by atoms with Crippen molar-refractivity contribution in [3.8, 4) is 0 Å². The number of nitrogens with one attached hydrogen (secondary N) is 1. The van der Waals surface area contributed by atoms with Crippen LogP contribution in [-0.2, 0) is 25.4 Å². The predicted molar refractivity (Wildman–Crippen MR) is 85.7 cm³/mol. The van der Waals surface area contributed by atoms with Gasteiger partial charge in [0.25, 0.3) is 5.56 Å². The number of carbonyl (C=O) groups excluding carboxylic acids is 1. The Kier molecular flexibility index (Phi) is 3.60. The summed E-state index contributed by atoms with van der Waals surface area (Å²) in [4.78, 5) is 45.0. The summed E-state index contributed by atoms with van der Waals surface area (Å²) < 4.78 is 3.66. The van der Waals surface area contributed by atoms with Crippen LogP contribution in [0.2, 0.25) is 0 Å². The van der Waals surface area contributed by atoms with Crippen LogP contribution in [0.15, 0.2) is 21.3 Å². The lowest BCUT2D eigenvalue weighted by atomic mass is 10.4. The zero-order chi connectivity index (χ0) is 16.7. The van der Waals surface area contributed by atoms with Gasteiger partial charge < -0.3 is 9.88 Å². The van der Waals surface area contributed by atoms with Crippen LogP contribution in [0.25, 0.3) is 11.2 Å². The third-order valence-corrected chi connectivity index (χ3v) is 4.24. The van der Waals surface area contributed by atoms with Gasteiger partial charge in [0.15, 0.2) is 16.3 Å². The highest BCUT2D eigenvalue weighted by atomic mass is 32.1. The van der Waals surface area contributed by atoms with Crippen molar-refractivity contribution in [3.63, 3.8) is 0 Å². The number of anilines is 1. The maximum atomic E-state index is 12.5. The first kappa shape index (κ1) is 15.2. The Morgan fingerprint density at radius 2 is 2.09 bits per heavy atom. The second-order valence-corrected chi connectivity index (χ2v) is 5.96. The molecule has 23 heavy (non-hydrogen) atoms. The van der Waals surface area contributed by atoms with Crippen molar-refractivity contribution in [1.29, 1.82) is 0 Å². The van der Waals surface area contributed by atoms with Crippen LogP contribution in [-0.4, -0.2) is 29.6 Å². The number of carbonyl (C=O) groups is 1. The summed E-state index contributed by atoms with van der Waals surface area (Å²) in [5.74, 6) is -0.486. The molecule has 1 amide bonds.